The molecule has 1 aliphatic heterocycles. The van der Waals surface area contributed by atoms with Crippen molar-refractivity contribution in [3.8, 4) is 0 Å². The van der Waals surface area contributed by atoms with Crippen LogP contribution in [0.15, 0.2) is 23.8 Å². The molecular formula is C26H35F3N2O2. The molecule has 3 rings (SSSR count). The summed E-state index contributed by atoms with van der Waals surface area (Å²) >= 11 is 0. The normalized spacial score (nSPS) is 24.8. The minimum Gasteiger partial charge on any atom is -0.304 e. The summed E-state index contributed by atoms with van der Waals surface area (Å²) < 4.78 is 38.9. The first-order valence-electron chi connectivity index (χ1n) is 11.9. The van der Waals surface area contributed by atoms with E-state index in [-0.39, 0.29) is 41.2 Å². The number of fused-ring (bicyclic) bond motifs is 1. The molecule has 0 unspecified atom stereocenters. The first-order chi connectivity index (χ1) is 15.4. The maximum Gasteiger partial charge on any atom is 0.433 e. The molecule has 4 nitrogen and oxygen atoms in total. The van der Waals surface area contributed by atoms with E-state index in [9.17, 15) is 22.8 Å². The highest BCUT2D eigenvalue weighted by Gasteiger charge is 2.60. The van der Waals surface area contributed by atoms with Crippen molar-refractivity contribution in [1.82, 2.24) is 10.3 Å². The van der Waals surface area contributed by atoms with Crippen molar-refractivity contribution < 1.29 is 22.8 Å². The van der Waals surface area contributed by atoms with Gasteiger partial charge in [-0.15, -0.1) is 0 Å². The zero-order valence-electron chi connectivity index (χ0n) is 20.0. The molecule has 0 aromatic carbocycles. The number of pyridine rings is 1. The molecule has 2 heterocycles. The van der Waals surface area contributed by atoms with Crippen molar-refractivity contribution in [2.45, 2.75) is 97.3 Å². The van der Waals surface area contributed by atoms with E-state index in [1.54, 1.807) is 6.92 Å². The summed E-state index contributed by atoms with van der Waals surface area (Å²) in [6, 6.07) is 2.16. The van der Waals surface area contributed by atoms with Gasteiger partial charge >= 0.3 is 6.18 Å². The molecule has 2 fully saturated rings. The number of Topliss-reactive ketones (excluding diaryl/α,β-unsaturated/α-hetero) is 2. The number of carbonyl (C=O) groups excluding carboxylic acids is 2. The molecule has 1 aromatic heterocycles. The lowest BCUT2D eigenvalue weighted by atomic mass is 9.89. The number of alkyl halides is 3. The molecule has 182 valence electrons. The van der Waals surface area contributed by atoms with E-state index in [0.29, 0.717) is 30.7 Å². The Morgan fingerprint density at radius 2 is 2.00 bits per heavy atom. The predicted molar refractivity (Wildman–Crippen MR) is 122 cm³/mol. The summed E-state index contributed by atoms with van der Waals surface area (Å²) in [7, 11) is 0. The molecule has 0 bridgehead atoms. The Morgan fingerprint density at radius 1 is 1.27 bits per heavy atom. The Bertz CT molecular complexity index is 921. The summed E-state index contributed by atoms with van der Waals surface area (Å²) in [6.45, 7) is 7.94. The molecule has 33 heavy (non-hydrogen) atoms. The number of ketones is 2. The third kappa shape index (κ3) is 6.75. The number of nitrogens with one attached hydrogen (secondary N) is 1. The van der Waals surface area contributed by atoms with E-state index >= 15 is 0 Å². The van der Waals surface area contributed by atoms with Crippen molar-refractivity contribution in [2.75, 3.05) is 0 Å². The van der Waals surface area contributed by atoms with Gasteiger partial charge in [0.05, 0.1) is 18.2 Å². The van der Waals surface area contributed by atoms with Crippen LogP contribution < -0.4 is 5.32 Å². The summed E-state index contributed by atoms with van der Waals surface area (Å²) in [5.41, 5.74) is 1.08. The van der Waals surface area contributed by atoms with Crippen LogP contribution in [0.5, 0.6) is 0 Å². The molecule has 1 aromatic rings. The number of halogens is 3. The van der Waals surface area contributed by atoms with E-state index in [4.69, 9.17) is 0 Å². The topological polar surface area (TPSA) is 59.1 Å². The first-order valence-corrected chi connectivity index (χ1v) is 11.9. The van der Waals surface area contributed by atoms with Gasteiger partial charge in [-0.1, -0.05) is 24.6 Å². The van der Waals surface area contributed by atoms with E-state index in [1.807, 2.05) is 0 Å². The quantitative estimate of drug-likeness (QED) is 0.423. The number of hydrogen-bond donors (Lipinski definition) is 1. The fraction of sp³-hybridized carbons (Fsp3) is 0.654. The van der Waals surface area contributed by atoms with Gasteiger partial charge in [0.1, 0.15) is 11.5 Å². The summed E-state index contributed by atoms with van der Waals surface area (Å²) in [5.74, 6) is 0.508. The van der Waals surface area contributed by atoms with Crippen LogP contribution in [0.3, 0.4) is 0 Å². The third-order valence-corrected chi connectivity index (χ3v) is 7.12. The highest BCUT2D eigenvalue weighted by atomic mass is 19.4. The van der Waals surface area contributed by atoms with Crippen LogP contribution >= 0.6 is 0 Å². The molecule has 0 radical (unpaired) electrons. The number of carbonyl (C=O) groups is 2. The molecule has 0 amide bonds. The molecule has 1 N–H and O–H groups in total. The monoisotopic (exact) mass is 464 g/mol. The zero-order chi connectivity index (χ0) is 24.4. The third-order valence-electron chi connectivity index (χ3n) is 7.12. The maximum absolute atomic E-state index is 13.0. The van der Waals surface area contributed by atoms with Gasteiger partial charge in [-0.05, 0) is 75.8 Å². The number of aromatic nitrogens is 1. The highest BCUT2D eigenvalue weighted by molar-refractivity contribution is 5.87. The Labute approximate surface area is 194 Å². The summed E-state index contributed by atoms with van der Waals surface area (Å²) in [6.07, 6.45) is 3.06. The van der Waals surface area contributed by atoms with E-state index in [0.717, 1.165) is 31.7 Å². The summed E-state index contributed by atoms with van der Waals surface area (Å²) in [5, 5.41) is 3.34. The van der Waals surface area contributed by atoms with Gasteiger partial charge in [0.2, 0.25) is 0 Å². The van der Waals surface area contributed by atoms with Gasteiger partial charge in [-0.25, -0.2) is 4.98 Å². The second-order valence-electron chi connectivity index (χ2n) is 10.4. The summed E-state index contributed by atoms with van der Waals surface area (Å²) in [4.78, 5) is 29.0. The van der Waals surface area contributed by atoms with Gasteiger partial charge in [0.25, 0.3) is 0 Å². The van der Waals surface area contributed by atoms with Gasteiger partial charge in [0.15, 0.2) is 5.78 Å². The average Bonchev–Trinajstić information content (AvgIpc) is 3.26. The lowest BCUT2D eigenvalue weighted by Crippen LogP contribution is -2.35. The van der Waals surface area contributed by atoms with Crippen molar-refractivity contribution in [2.24, 2.45) is 11.3 Å². The molecule has 1 saturated carbocycles. The SMILES string of the molecule is CC(C)=CCC[C@@H](C)CC(=O)CC[C@@]12C[C@@H](C(=O)Cc3nc(C(F)(F)F)ccc3C)N[C@@H]1C2. The average molecular weight is 465 g/mol. The molecule has 0 spiro atoms. The highest BCUT2D eigenvalue weighted by Crippen LogP contribution is 2.57. The van der Waals surface area contributed by atoms with Crippen molar-refractivity contribution >= 4 is 11.6 Å². The van der Waals surface area contributed by atoms with Crippen LogP contribution in [-0.4, -0.2) is 28.6 Å². The van der Waals surface area contributed by atoms with Crippen LogP contribution in [0.2, 0.25) is 0 Å². The van der Waals surface area contributed by atoms with E-state index < -0.39 is 11.9 Å². The van der Waals surface area contributed by atoms with Gasteiger partial charge in [-0.3, -0.25) is 9.59 Å². The molecule has 1 saturated heterocycles. The molecule has 1 aliphatic carbocycles. The molecule has 2 aliphatic rings. The lowest BCUT2D eigenvalue weighted by molar-refractivity contribution is -0.141. The maximum atomic E-state index is 13.0. The van der Waals surface area contributed by atoms with Crippen LogP contribution in [0.4, 0.5) is 13.2 Å². The van der Waals surface area contributed by atoms with Gasteiger partial charge in [-0.2, -0.15) is 13.2 Å². The Balaban J connectivity index is 1.48. The minimum absolute atomic E-state index is 0.0163. The van der Waals surface area contributed by atoms with E-state index in [1.165, 1.54) is 11.6 Å². The largest absolute Gasteiger partial charge is 0.433 e. The van der Waals surface area contributed by atoms with Crippen molar-refractivity contribution in [1.29, 1.82) is 0 Å². The second kappa shape index (κ2) is 10.1. The Morgan fingerprint density at radius 3 is 2.67 bits per heavy atom. The Kier molecular flexibility index (Phi) is 7.82. The first kappa shape index (κ1) is 25.6. The van der Waals surface area contributed by atoms with Crippen LogP contribution in [0, 0.1) is 18.3 Å². The second-order valence-corrected chi connectivity index (χ2v) is 10.4. The number of nitrogens with zero attached hydrogens (tertiary/aromatic N) is 1. The van der Waals surface area contributed by atoms with Gasteiger partial charge < -0.3 is 5.32 Å². The standard InChI is InChI=1S/C26H35F3N2O2/c1-16(2)6-5-7-17(3)12-19(32)10-11-25-14-21(31-24(25)15-25)22(33)13-20-18(4)8-9-23(30-20)26(27,28)29/h6,8-9,17,21,24,31H,5,7,10-15H2,1-4H3/t17-,21+,24-,25+/m1/s1. The number of hydrogen-bond acceptors (Lipinski definition) is 4. The zero-order valence-corrected chi connectivity index (χ0v) is 20.0. The number of allylic oxidation sites excluding steroid dienone is 2. The van der Waals surface area contributed by atoms with Crippen molar-refractivity contribution in [3.05, 3.63) is 40.7 Å². The Hall–Kier alpha value is -2.02. The van der Waals surface area contributed by atoms with Crippen LogP contribution in [-0.2, 0) is 22.2 Å². The van der Waals surface area contributed by atoms with Crippen molar-refractivity contribution in [3.63, 3.8) is 0 Å². The smallest absolute Gasteiger partial charge is 0.304 e. The predicted octanol–water partition coefficient (Wildman–Crippen LogP) is 5.76. The van der Waals surface area contributed by atoms with Gasteiger partial charge in [0, 0.05) is 18.9 Å². The fourth-order valence-corrected chi connectivity index (χ4v) is 4.94. The fourth-order valence-electron chi connectivity index (χ4n) is 4.94. The minimum atomic E-state index is -4.53. The number of aryl methyl sites for hydroxylation is 1. The number of rotatable bonds is 11. The molecular weight excluding hydrogens is 429 g/mol. The lowest BCUT2D eigenvalue weighted by Gasteiger charge is -2.17. The van der Waals surface area contributed by atoms with E-state index in [2.05, 4.69) is 37.1 Å². The molecule has 7 heteroatoms. The van der Waals surface area contributed by atoms with Crippen LogP contribution in [0.1, 0.15) is 82.7 Å². The molecule has 4 atom stereocenters. The van der Waals surface area contributed by atoms with Crippen LogP contribution in [0.25, 0.3) is 0 Å². The number of piperidine rings is 1.